The summed E-state index contributed by atoms with van der Waals surface area (Å²) >= 11 is 0. The molecule has 2 aliphatic rings. The van der Waals surface area contributed by atoms with Crippen molar-refractivity contribution in [2.45, 2.75) is 62.4 Å². The maximum absolute atomic E-state index is 12.5. The van der Waals surface area contributed by atoms with Crippen LogP contribution in [-0.2, 0) is 39.6 Å². The maximum atomic E-state index is 12.5. The first-order chi connectivity index (χ1) is 20.8. The summed E-state index contributed by atoms with van der Waals surface area (Å²) in [5.74, 6) is 0. The molecule has 1 saturated carbocycles. The molecule has 1 aromatic heterocycles. The van der Waals surface area contributed by atoms with Crippen LogP contribution >= 0.6 is 0 Å². The molecule has 0 bridgehead atoms. The van der Waals surface area contributed by atoms with Crippen LogP contribution in [0.1, 0.15) is 41.2 Å². The number of rotatable bonds is 12. The fourth-order valence-corrected chi connectivity index (χ4v) is 5.86. The van der Waals surface area contributed by atoms with E-state index in [9.17, 15) is 10.2 Å². The van der Waals surface area contributed by atoms with E-state index in [0.717, 1.165) is 22.4 Å². The average Bonchev–Trinajstić information content (AvgIpc) is 3.34. The molecule has 9 heteroatoms. The molecule has 0 spiro atoms. The van der Waals surface area contributed by atoms with Crippen LogP contribution in [0.3, 0.4) is 0 Å². The molecular weight excluding hydrogens is 544 g/mol. The molecule has 2 heterocycles. The summed E-state index contributed by atoms with van der Waals surface area (Å²) in [4.78, 5) is 1.79. The third-order valence-electron chi connectivity index (χ3n) is 8.36. The molecule has 1 fully saturated rings. The third-order valence-corrected chi connectivity index (χ3v) is 8.36. The van der Waals surface area contributed by atoms with Gasteiger partial charge in [-0.2, -0.15) is 5.10 Å². The highest BCUT2D eigenvalue weighted by molar-refractivity contribution is 5.57. The number of ether oxygens (including phenoxy) is 3. The van der Waals surface area contributed by atoms with Gasteiger partial charge < -0.3 is 35.1 Å². The fraction of sp³-hybridized carbons (Fsp3) is 0.324. The Morgan fingerprint density at radius 1 is 0.860 bits per heavy atom. The summed E-state index contributed by atoms with van der Waals surface area (Å²) in [5, 5.41) is 28.7. The minimum atomic E-state index is -1.69. The minimum Gasteiger partial charge on any atom is -0.387 e. The number of nitrogens with zero attached hydrogens (tertiary/aromatic N) is 3. The zero-order valence-electron chi connectivity index (χ0n) is 24.4. The molecule has 4 N–H and O–H groups in total. The van der Waals surface area contributed by atoms with Crippen LogP contribution in [0, 0.1) is 0 Å². The van der Waals surface area contributed by atoms with Gasteiger partial charge in [-0.15, -0.1) is 0 Å². The lowest BCUT2D eigenvalue weighted by Gasteiger charge is -2.39. The van der Waals surface area contributed by atoms with Gasteiger partial charge >= 0.3 is 0 Å². The number of nitrogens with two attached hydrogens (primary N) is 1. The summed E-state index contributed by atoms with van der Waals surface area (Å²) in [6.45, 7) is 2.29. The second-order valence-electron chi connectivity index (χ2n) is 11.4. The number of fused-ring (bicyclic) bond motifs is 1. The predicted octanol–water partition coefficient (Wildman–Crippen LogP) is 3.89. The molecule has 4 aromatic rings. The van der Waals surface area contributed by atoms with E-state index in [4.69, 9.17) is 19.9 Å². The third kappa shape index (κ3) is 5.63. The molecule has 3 unspecified atom stereocenters. The Labute approximate surface area is 251 Å². The summed E-state index contributed by atoms with van der Waals surface area (Å²) in [5.41, 5.74) is 7.30. The van der Waals surface area contributed by atoms with Gasteiger partial charge in [0.15, 0.2) is 5.60 Å². The second kappa shape index (κ2) is 12.0. The number of hydrogen-bond acceptors (Lipinski definition) is 8. The number of aliphatic hydroxyl groups is 2. The van der Waals surface area contributed by atoms with Gasteiger partial charge in [-0.1, -0.05) is 91.0 Å². The molecule has 43 heavy (non-hydrogen) atoms. The van der Waals surface area contributed by atoms with Gasteiger partial charge in [0.25, 0.3) is 0 Å². The Bertz CT molecular complexity index is 1530. The fourth-order valence-electron chi connectivity index (χ4n) is 5.86. The first-order valence-electron chi connectivity index (χ1n) is 14.5. The number of benzene rings is 3. The van der Waals surface area contributed by atoms with E-state index in [1.54, 1.807) is 28.9 Å². The second-order valence-corrected chi connectivity index (χ2v) is 11.4. The van der Waals surface area contributed by atoms with Crippen molar-refractivity contribution in [2.24, 2.45) is 10.8 Å². The van der Waals surface area contributed by atoms with Crippen LogP contribution < -0.4 is 5.73 Å². The molecule has 0 amide bonds. The van der Waals surface area contributed by atoms with E-state index in [0.29, 0.717) is 5.69 Å². The van der Waals surface area contributed by atoms with E-state index in [1.807, 2.05) is 104 Å². The predicted molar refractivity (Wildman–Crippen MR) is 163 cm³/mol. The van der Waals surface area contributed by atoms with Gasteiger partial charge in [0.2, 0.25) is 0 Å². The summed E-state index contributed by atoms with van der Waals surface area (Å²) in [6.07, 6.45) is -1.72. The number of aromatic nitrogens is 1. The Kier molecular flexibility index (Phi) is 8.19. The molecule has 0 radical (unpaired) electrons. The molecule has 0 saturated heterocycles. The summed E-state index contributed by atoms with van der Waals surface area (Å²) in [7, 11) is 1.84. The van der Waals surface area contributed by atoms with E-state index < -0.39 is 35.7 Å². The zero-order chi connectivity index (χ0) is 30.0. The minimum absolute atomic E-state index is 0.176. The zero-order valence-corrected chi connectivity index (χ0v) is 24.4. The summed E-state index contributed by atoms with van der Waals surface area (Å²) in [6, 6.07) is 32.8. The molecular formula is C34H38N4O5. The lowest BCUT2D eigenvalue weighted by molar-refractivity contribution is -0.206. The smallest absolute Gasteiger partial charge is 0.155 e. The van der Waals surface area contributed by atoms with Gasteiger partial charge in [0.1, 0.15) is 36.4 Å². The maximum Gasteiger partial charge on any atom is 0.155 e. The van der Waals surface area contributed by atoms with E-state index in [2.05, 4.69) is 5.10 Å². The molecule has 1 aliphatic heterocycles. The first kappa shape index (κ1) is 29.3. The number of aliphatic hydroxyl groups excluding tert-OH is 1. The lowest BCUT2D eigenvalue weighted by atomic mass is 9.88. The Hall–Kier alpha value is -3.83. The van der Waals surface area contributed by atoms with Gasteiger partial charge in [0.05, 0.1) is 31.2 Å². The SMILES string of the molecule is CN1C=Nn2c(ccc2C(C)(O)[C@H](OCc2ccccc2)[C@]2(OCc3ccccc3)C(OCc3ccccc3)[C@H]2O)C1N. The lowest BCUT2D eigenvalue weighted by Crippen LogP contribution is -2.53. The number of hydrogen-bond donors (Lipinski definition) is 3. The molecule has 6 rings (SSSR count). The van der Waals surface area contributed by atoms with Crippen LogP contribution in [0.4, 0.5) is 0 Å². The summed E-state index contributed by atoms with van der Waals surface area (Å²) < 4.78 is 21.2. The van der Waals surface area contributed by atoms with Crippen molar-refractivity contribution in [3.05, 3.63) is 131 Å². The molecule has 3 aromatic carbocycles. The van der Waals surface area contributed by atoms with Gasteiger partial charge in [-0.3, -0.25) is 0 Å². The first-order valence-corrected chi connectivity index (χ1v) is 14.5. The van der Waals surface area contributed by atoms with E-state index in [1.165, 1.54) is 0 Å². The average molecular weight is 583 g/mol. The van der Waals surface area contributed by atoms with Crippen LogP contribution in [0.25, 0.3) is 0 Å². The van der Waals surface area contributed by atoms with E-state index >= 15 is 0 Å². The van der Waals surface area contributed by atoms with Crippen molar-refractivity contribution in [1.82, 2.24) is 9.58 Å². The highest BCUT2D eigenvalue weighted by atomic mass is 16.6. The normalized spacial score (nSPS) is 24.8. The molecule has 9 nitrogen and oxygen atoms in total. The molecule has 6 atom stereocenters. The highest BCUT2D eigenvalue weighted by Gasteiger charge is 2.75. The molecule has 1 aliphatic carbocycles. The van der Waals surface area contributed by atoms with Crippen molar-refractivity contribution in [3.8, 4) is 0 Å². The van der Waals surface area contributed by atoms with Crippen molar-refractivity contribution in [2.75, 3.05) is 7.05 Å². The Balaban J connectivity index is 1.39. The van der Waals surface area contributed by atoms with Gasteiger partial charge in [0, 0.05) is 7.05 Å². The van der Waals surface area contributed by atoms with Crippen molar-refractivity contribution in [3.63, 3.8) is 0 Å². The largest absolute Gasteiger partial charge is 0.387 e. The monoisotopic (exact) mass is 582 g/mol. The van der Waals surface area contributed by atoms with E-state index in [-0.39, 0.29) is 19.8 Å². The molecule has 224 valence electrons. The Morgan fingerprint density at radius 3 is 2.02 bits per heavy atom. The van der Waals surface area contributed by atoms with Crippen LogP contribution in [0.15, 0.2) is 108 Å². The van der Waals surface area contributed by atoms with Crippen LogP contribution in [0.2, 0.25) is 0 Å². The quantitative estimate of drug-likeness (QED) is 0.232. The van der Waals surface area contributed by atoms with Crippen molar-refractivity contribution < 1.29 is 24.4 Å². The van der Waals surface area contributed by atoms with Crippen LogP contribution in [-0.4, -0.2) is 57.1 Å². The highest BCUT2D eigenvalue weighted by Crippen LogP contribution is 2.53. The van der Waals surface area contributed by atoms with Gasteiger partial charge in [-0.05, 0) is 35.7 Å². The standard InChI is InChI=1S/C34H38N4O5/c1-33(40,28-19-18-27-31(35)37(2)23-36-38(27)28)32(42-21-25-14-8-4-9-15-25)34(43-22-26-16-10-5-11-17-26)29(39)30(34)41-20-24-12-6-3-7-13-24/h3-19,23,29-32,39-40H,20-22,35H2,1-2H3/t29-,30?,31?,32+,33?,34-/m1/s1. The van der Waals surface area contributed by atoms with Crippen molar-refractivity contribution >= 4 is 6.34 Å². The van der Waals surface area contributed by atoms with Gasteiger partial charge in [-0.25, -0.2) is 4.68 Å². The topological polar surface area (TPSA) is 115 Å². The van der Waals surface area contributed by atoms with Crippen LogP contribution in [0.5, 0.6) is 0 Å². The van der Waals surface area contributed by atoms with Crippen molar-refractivity contribution in [1.29, 1.82) is 0 Å². The Morgan fingerprint density at radius 2 is 1.42 bits per heavy atom.